The molecule has 0 unspecified atom stereocenters. The van der Waals surface area contributed by atoms with Crippen LogP contribution in [0, 0.1) is 0 Å². The number of carbonyl (C=O) groups is 1. The fraction of sp³-hybridized carbons (Fsp3) is 0.105. The summed E-state index contributed by atoms with van der Waals surface area (Å²) in [5, 5.41) is 10.9. The third-order valence-corrected chi connectivity index (χ3v) is 4.28. The zero-order valence-electron chi connectivity index (χ0n) is 14.4. The Morgan fingerprint density at radius 1 is 1.15 bits per heavy atom. The molecule has 132 valence electrons. The first-order valence-corrected chi connectivity index (χ1v) is 8.74. The third-order valence-electron chi connectivity index (χ3n) is 3.75. The molecule has 1 aromatic heterocycles. The maximum absolute atomic E-state index is 12.2. The second kappa shape index (κ2) is 7.97. The van der Waals surface area contributed by atoms with Crippen LogP contribution in [0.2, 0.25) is 0 Å². The standard InChI is InChI=1S/C19H18BrN5O/c1-25(2)16-9-3-13(4-10-16)12-21-24-19(26)18-11-17(22-23-18)14-5-7-15(20)8-6-14/h3-12H,1-2H3,(H,22,23)(H,24,26)/b21-12+. The Bertz CT molecular complexity index is 914. The highest BCUT2D eigenvalue weighted by atomic mass is 79.9. The van der Waals surface area contributed by atoms with Crippen molar-refractivity contribution in [3.8, 4) is 11.3 Å². The zero-order chi connectivity index (χ0) is 18.5. The molecule has 7 heteroatoms. The van der Waals surface area contributed by atoms with E-state index in [4.69, 9.17) is 0 Å². The molecule has 0 spiro atoms. The number of anilines is 1. The number of nitrogens with one attached hydrogen (secondary N) is 2. The Hall–Kier alpha value is -2.93. The van der Waals surface area contributed by atoms with Crippen LogP contribution < -0.4 is 10.3 Å². The maximum Gasteiger partial charge on any atom is 0.289 e. The lowest BCUT2D eigenvalue weighted by Crippen LogP contribution is -2.18. The molecule has 6 nitrogen and oxygen atoms in total. The molecule has 26 heavy (non-hydrogen) atoms. The molecular formula is C19H18BrN5O. The van der Waals surface area contributed by atoms with E-state index in [0.717, 1.165) is 21.3 Å². The van der Waals surface area contributed by atoms with Crippen molar-refractivity contribution < 1.29 is 4.79 Å². The van der Waals surface area contributed by atoms with Gasteiger partial charge in [0.2, 0.25) is 0 Å². The second-order valence-corrected chi connectivity index (χ2v) is 6.77. The van der Waals surface area contributed by atoms with Crippen molar-refractivity contribution >= 4 is 33.7 Å². The number of halogens is 1. The first-order valence-electron chi connectivity index (χ1n) is 7.95. The number of aromatic amines is 1. The molecule has 0 saturated heterocycles. The summed E-state index contributed by atoms with van der Waals surface area (Å²) in [6.07, 6.45) is 1.60. The molecule has 2 aromatic carbocycles. The molecule has 0 fully saturated rings. The van der Waals surface area contributed by atoms with Crippen LogP contribution in [0.4, 0.5) is 5.69 Å². The topological polar surface area (TPSA) is 73.4 Å². The minimum atomic E-state index is -0.345. The molecule has 1 heterocycles. The largest absolute Gasteiger partial charge is 0.378 e. The Morgan fingerprint density at radius 3 is 2.50 bits per heavy atom. The van der Waals surface area contributed by atoms with Gasteiger partial charge in [0.15, 0.2) is 0 Å². The van der Waals surface area contributed by atoms with Gasteiger partial charge < -0.3 is 4.90 Å². The van der Waals surface area contributed by atoms with Crippen molar-refractivity contribution in [1.82, 2.24) is 15.6 Å². The number of carbonyl (C=O) groups excluding carboxylic acids is 1. The van der Waals surface area contributed by atoms with E-state index < -0.39 is 0 Å². The van der Waals surface area contributed by atoms with Crippen molar-refractivity contribution in [2.24, 2.45) is 5.10 Å². The zero-order valence-corrected chi connectivity index (χ0v) is 16.0. The van der Waals surface area contributed by atoms with Crippen LogP contribution in [0.15, 0.2) is 64.2 Å². The minimum absolute atomic E-state index is 0.345. The summed E-state index contributed by atoms with van der Waals surface area (Å²) in [5.74, 6) is -0.345. The molecule has 0 radical (unpaired) electrons. The number of benzene rings is 2. The van der Waals surface area contributed by atoms with E-state index in [-0.39, 0.29) is 5.91 Å². The molecule has 3 aromatic rings. The smallest absolute Gasteiger partial charge is 0.289 e. The Balaban J connectivity index is 1.62. The van der Waals surface area contributed by atoms with Crippen molar-refractivity contribution in [2.45, 2.75) is 0 Å². The van der Waals surface area contributed by atoms with E-state index in [1.165, 1.54) is 0 Å². The number of hydrazone groups is 1. The van der Waals surface area contributed by atoms with Gasteiger partial charge in [-0.05, 0) is 35.9 Å². The van der Waals surface area contributed by atoms with Crippen LogP contribution in [0.3, 0.4) is 0 Å². The van der Waals surface area contributed by atoms with E-state index >= 15 is 0 Å². The van der Waals surface area contributed by atoms with E-state index in [2.05, 4.69) is 36.7 Å². The van der Waals surface area contributed by atoms with Gasteiger partial charge in [0.1, 0.15) is 5.69 Å². The molecule has 2 N–H and O–H groups in total. The highest BCUT2D eigenvalue weighted by molar-refractivity contribution is 9.10. The molecule has 3 rings (SSSR count). The lowest BCUT2D eigenvalue weighted by molar-refractivity contribution is 0.0950. The highest BCUT2D eigenvalue weighted by Gasteiger charge is 2.10. The molecule has 0 saturated carbocycles. The highest BCUT2D eigenvalue weighted by Crippen LogP contribution is 2.20. The SMILES string of the molecule is CN(C)c1ccc(/C=N/NC(=O)c2cc(-c3ccc(Br)cc3)n[nH]2)cc1. The molecule has 0 aliphatic heterocycles. The average molecular weight is 412 g/mol. The van der Waals surface area contributed by atoms with Gasteiger partial charge in [-0.1, -0.05) is 40.2 Å². The fourth-order valence-electron chi connectivity index (χ4n) is 2.29. The summed E-state index contributed by atoms with van der Waals surface area (Å²) in [5.41, 5.74) is 6.47. The first kappa shape index (κ1) is 17.9. The van der Waals surface area contributed by atoms with Crippen LogP contribution in [0.25, 0.3) is 11.3 Å². The number of amides is 1. The summed E-state index contributed by atoms with van der Waals surface area (Å²) in [4.78, 5) is 14.2. The summed E-state index contributed by atoms with van der Waals surface area (Å²) in [6, 6.07) is 17.3. The van der Waals surface area contributed by atoms with Crippen LogP contribution in [-0.4, -0.2) is 36.4 Å². The number of rotatable bonds is 5. The van der Waals surface area contributed by atoms with E-state index in [9.17, 15) is 4.79 Å². The van der Waals surface area contributed by atoms with Crippen LogP contribution >= 0.6 is 15.9 Å². The lowest BCUT2D eigenvalue weighted by Gasteiger charge is -2.11. The van der Waals surface area contributed by atoms with Crippen LogP contribution in [0.1, 0.15) is 16.1 Å². The molecule has 0 aliphatic carbocycles. The van der Waals surface area contributed by atoms with Gasteiger partial charge in [-0.25, -0.2) is 5.43 Å². The molecule has 0 bridgehead atoms. The van der Waals surface area contributed by atoms with Gasteiger partial charge in [0.05, 0.1) is 11.9 Å². The van der Waals surface area contributed by atoms with Crippen LogP contribution in [-0.2, 0) is 0 Å². The Labute approximate surface area is 160 Å². The molecule has 0 aliphatic rings. The van der Waals surface area contributed by atoms with Gasteiger partial charge in [0, 0.05) is 29.8 Å². The average Bonchev–Trinajstić information content (AvgIpc) is 3.13. The summed E-state index contributed by atoms with van der Waals surface area (Å²) < 4.78 is 0.989. The number of aromatic nitrogens is 2. The first-order chi connectivity index (χ1) is 12.5. The van der Waals surface area contributed by atoms with E-state index in [1.54, 1.807) is 12.3 Å². The number of nitrogens with zero attached hydrogens (tertiary/aromatic N) is 3. The number of H-pyrrole nitrogens is 1. The summed E-state index contributed by atoms with van der Waals surface area (Å²) in [7, 11) is 3.96. The summed E-state index contributed by atoms with van der Waals surface area (Å²) in [6.45, 7) is 0. The van der Waals surface area contributed by atoms with E-state index in [1.807, 2.05) is 67.5 Å². The normalized spacial score (nSPS) is 10.9. The number of hydrogen-bond acceptors (Lipinski definition) is 4. The fourth-order valence-corrected chi connectivity index (χ4v) is 2.56. The summed E-state index contributed by atoms with van der Waals surface area (Å²) >= 11 is 3.39. The second-order valence-electron chi connectivity index (χ2n) is 5.86. The predicted molar refractivity (Wildman–Crippen MR) is 108 cm³/mol. The Kier molecular flexibility index (Phi) is 5.48. The van der Waals surface area contributed by atoms with Crippen molar-refractivity contribution in [3.05, 3.63) is 70.3 Å². The molecule has 1 amide bonds. The lowest BCUT2D eigenvalue weighted by atomic mass is 10.1. The van der Waals surface area contributed by atoms with Crippen molar-refractivity contribution in [2.75, 3.05) is 19.0 Å². The monoisotopic (exact) mass is 411 g/mol. The quantitative estimate of drug-likeness (QED) is 0.496. The van der Waals surface area contributed by atoms with Crippen molar-refractivity contribution in [1.29, 1.82) is 0 Å². The van der Waals surface area contributed by atoms with Gasteiger partial charge in [-0.15, -0.1) is 0 Å². The third kappa shape index (κ3) is 4.37. The minimum Gasteiger partial charge on any atom is -0.378 e. The van der Waals surface area contributed by atoms with Gasteiger partial charge in [0.25, 0.3) is 5.91 Å². The van der Waals surface area contributed by atoms with Gasteiger partial charge in [-0.3, -0.25) is 9.89 Å². The van der Waals surface area contributed by atoms with Crippen molar-refractivity contribution in [3.63, 3.8) is 0 Å². The molecule has 0 atom stereocenters. The van der Waals surface area contributed by atoms with Gasteiger partial charge in [-0.2, -0.15) is 10.2 Å². The maximum atomic E-state index is 12.2. The predicted octanol–water partition coefficient (Wildman–Crippen LogP) is 3.67. The van der Waals surface area contributed by atoms with Gasteiger partial charge >= 0.3 is 0 Å². The molecular weight excluding hydrogens is 394 g/mol. The number of hydrogen-bond donors (Lipinski definition) is 2. The Morgan fingerprint density at radius 2 is 1.85 bits per heavy atom. The van der Waals surface area contributed by atoms with E-state index in [0.29, 0.717) is 11.4 Å². The van der Waals surface area contributed by atoms with Crippen LogP contribution in [0.5, 0.6) is 0 Å².